The third kappa shape index (κ3) is 4.78. The van der Waals surface area contributed by atoms with Crippen molar-refractivity contribution < 1.29 is 19.1 Å². The summed E-state index contributed by atoms with van der Waals surface area (Å²) in [4.78, 5) is 26.3. The quantitative estimate of drug-likeness (QED) is 0.763. The number of aryl methyl sites for hydroxylation is 1. The molecule has 1 atom stereocenters. The summed E-state index contributed by atoms with van der Waals surface area (Å²) in [6, 6.07) is 15.0. The second-order valence-electron chi connectivity index (χ2n) is 6.56. The van der Waals surface area contributed by atoms with Crippen molar-refractivity contribution in [1.82, 2.24) is 5.32 Å². The highest BCUT2D eigenvalue weighted by Gasteiger charge is 2.34. The maximum Gasteiger partial charge on any atom is 0.227 e. The molecule has 3 rings (SSSR count). The van der Waals surface area contributed by atoms with E-state index in [1.807, 2.05) is 55.5 Å². The van der Waals surface area contributed by atoms with Gasteiger partial charge in [0.1, 0.15) is 18.1 Å². The number of nitrogens with zero attached hydrogens (tertiary/aromatic N) is 1. The van der Waals surface area contributed by atoms with Crippen LogP contribution in [0.2, 0.25) is 0 Å². The van der Waals surface area contributed by atoms with Gasteiger partial charge >= 0.3 is 0 Å². The fourth-order valence-electron chi connectivity index (χ4n) is 3.02. The first kappa shape index (κ1) is 18.8. The van der Waals surface area contributed by atoms with Crippen molar-refractivity contribution >= 4 is 17.5 Å². The smallest absolute Gasteiger partial charge is 0.227 e. The van der Waals surface area contributed by atoms with E-state index in [2.05, 4.69) is 5.32 Å². The SMILES string of the molecule is COc1ccc(OCCNC(=O)C2CC(=O)N(c3ccc(C)cc3)C2)cc1. The van der Waals surface area contributed by atoms with Gasteiger partial charge in [0.05, 0.1) is 19.6 Å². The first-order valence-corrected chi connectivity index (χ1v) is 8.98. The lowest BCUT2D eigenvalue weighted by atomic mass is 10.1. The number of amides is 2. The molecule has 142 valence electrons. The number of nitrogens with one attached hydrogen (secondary N) is 1. The van der Waals surface area contributed by atoms with E-state index in [0.29, 0.717) is 25.4 Å². The van der Waals surface area contributed by atoms with Gasteiger partial charge in [0, 0.05) is 18.7 Å². The number of hydrogen-bond acceptors (Lipinski definition) is 4. The van der Waals surface area contributed by atoms with Gasteiger partial charge in [-0.05, 0) is 43.3 Å². The summed E-state index contributed by atoms with van der Waals surface area (Å²) in [5.41, 5.74) is 1.97. The molecular formula is C21H24N2O4. The summed E-state index contributed by atoms with van der Waals surface area (Å²) in [7, 11) is 1.61. The third-order valence-corrected chi connectivity index (χ3v) is 4.57. The molecule has 0 bridgehead atoms. The van der Waals surface area contributed by atoms with Gasteiger partial charge in [-0.15, -0.1) is 0 Å². The van der Waals surface area contributed by atoms with Gasteiger partial charge in [-0.2, -0.15) is 0 Å². The fourth-order valence-corrected chi connectivity index (χ4v) is 3.02. The molecule has 1 aliphatic heterocycles. The van der Waals surface area contributed by atoms with Crippen molar-refractivity contribution in [2.24, 2.45) is 5.92 Å². The number of hydrogen-bond donors (Lipinski definition) is 1. The Bertz CT molecular complexity index is 787. The van der Waals surface area contributed by atoms with Crippen molar-refractivity contribution in [1.29, 1.82) is 0 Å². The minimum absolute atomic E-state index is 0.0199. The minimum Gasteiger partial charge on any atom is -0.497 e. The molecular weight excluding hydrogens is 344 g/mol. The number of carbonyl (C=O) groups is 2. The van der Waals surface area contributed by atoms with Crippen LogP contribution in [0, 0.1) is 12.8 Å². The van der Waals surface area contributed by atoms with Crippen molar-refractivity contribution in [3.8, 4) is 11.5 Å². The molecule has 1 fully saturated rings. The van der Waals surface area contributed by atoms with E-state index in [1.54, 1.807) is 12.0 Å². The van der Waals surface area contributed by atoms with E-state index in [-0.39, 0.29) is 24.2 Å². The van der Waals surface area contributed by atoms with Crippen LogP contribution >= 0.6 is 0 Å². The summed E-state index contributed by atoms with van der Waals surface area (Å²) in [5.74, 6) is 1.01. The molecule has 1 saturated heterocycles. The maximum absolute atomic E-state index is 12.4. The first-order valence-electron chi connectivity index (χ1n) is 8.98. The summed E-state index contributed by atoms with van der Waals surface area (Å²) in [5, 5.41) is 2.85. The highest BCUT2D eigenvalue weighted by atomic mass is 16.5. The largest absolute Gasteiger partial charge is 0.497 e. The van der Waals surface area contributed by atoms with Crippen LogP contribution in [-0.2, 0) is 9.59 Å². The lowest BCUT2D eigenvalue weighted by molar-refractivity contribution is -0.126. The van der Waals surface area contributed by atoms with Crippen LogP contribution in [-0.4, -0.2) is 38.6 Å². The Balaban J connectivity index is 1.44. The average molecular weight is 368 g/mol. The molecule has 1 heterocycles. The molecule has 2 amide bonds. The van der Waals surface area contributed by atoms with Gasteiger partial charge < -0.3 is 19.7 Å². The predicted molar refractivity (Wildman–Crippen MR) is 103 cm³/mol. The van der Waals surface area contributed by atoms with E-state index < -0.39 is 0 Å². The summed E-state index contributed by atoms with van der Waals surface area (Å²) in [6.07, 6.45) is 0.235. The fraction of sp³-hybridized carbons (Fsp3) is 0.333. The Morgan fingerprint density at radius 2 is 1.78 bits per heavy atom. The van der Waals surface area contributed by atoms with Gasteiger partial charge in [-0.1, -0.05) is 17.7 Å². The van der Waals surface area contributed by atoms with Crippen LogP contribution in [0.25, 0.3) is 0 Å². The van der Waals surface area contributed by atoms with Gasteiger partial charge in [-0.25, -0.2) is 0 Å². The van der Waals surface area contributed by atoms with E-state index in [0.717, 1.165) is 17.0 Å². The van der Waals surface area contributed by atoms with E-state index in [4.69, 9.17) is 9.47 Å². The molecule has 1 unspecified atom stereocenters. The molecule has 0 radical (unpaired) electrons. The summed E-state index contributed by atoms with van der Waals surface area (Å²) in [6.45, 7) is 3.16. The maximum atomic E-state index is 12.4. The second kappa shape index (κ2) is 8.58. The Kier molecular flexibility index (Phi) is 5.96. The third-order valence-electron chi connectivity index (χ3n) is 4.57. The molecule has 1 N–H and O–H groups in total. The van der Waals surface area contributed by atoms with Crippen molar-refractivity contribution in [3.05, 3.63) is 54.1 Å². The number of benzene rings is 2. The van der Waals surface area contributed by atoms with E-state index in [9.17, 15) is 9.59 Å². The molecule has 0 saturated carbocycles. The molecule has 6 heteroatoms. The number of anilines is 1. The molecule has 6 nitrogen and oxygen atoms in total. The van der Waals surface area contributed by atoms with Gasteiger partial charge in [0.15, 0.2) is 0 Å². The van der Waals surface area contributed by atoms with Crippen LogP contribution in [0.15, 0.2) is 48.5 Å². The molecule has 0 aliphatic carbocycles. The second-order valence-corrected chi connectivity index (χ2v) is 6.56. The van der Waals surface area contributed by atoms with Crippen LogP contribution in [0.3, 0.4) is 0 Å². The first-order chi connectivity index (χ1) is 13.1. The number of carbonyl (C=O) groups excluding carboxylic acids is 2. The van der Waals surface area contributed by atoms with Gasteiger partial charge in [-0.3, -0.25) is 9.59 Å². The molecule has 27 heavy (non-hydrogen) atoms. The topological polar surface area (TPSA) is 67.9 Å². The molecule has 2 aromatic rings. The van der Waals surface area contributed by atoms with Crippen LogP contribution in [0.1, 0.15) is 12.0 Å². The minimum atomic E-state index is -0.334. The van der Waals surface area contributed by atoms with Gasteiger partial charge in [0.25, 0.3) is 0 Å². The highest BCUT2D eigenvalue weighted by molar-refractivity contribution is 6.00. The van der Waals surface area contributed by atoms with Crippen molar-refractivity contribution in [2.45, 2.75) is 13.3 Å². The summed E-state index contributed by atoms with van der Waals surface area (Å²) >= 11 is 0. The molecule has 1 aliphatic rings. The van der Waals surface area contributed by atoms with E-state index >= 15 is 0 Å². The Morgan fingerprint density at radius 1 is 1.11 bits per heavy atom. The van der Waals surface area contributed by atoms with Crippen LogP contribution in [0.4, 0.5) is 5.69 Å². The normalized spacial score (nSPS) is 16.3. The zero-order valence-electron chi connectivity index (χ0n) is 15.6. The van der Waals surface area contributed by atoms with Crippen LogP contribution in [0.5, 0.6) is 11.5 Å². The molecule has 2 aromatic carbocycles. The average Bonchev–Trinajstić information content (AvgIpc) is 3.08. The Hall–Kier alpha value is -3.02. The van der Waals surface area contributed by atoms with Crippen molar-refractivity contribution in [3.63, 3.8) is 0 Å². The number of rotatable bonds is 7. The highest BCUT2D eigenvalue weighted by Crippen LogP contribution is 2.25. The molecule has 0 aromatic heterocycles. The van der Waals surface area contributed by atoms with Crippen molar-refractivity contribution in [2.75, 3.05) is 31.7 Å². The van der Waals surface area contributed by atoms with Crippen LogP contribution < -0.4 is 19.7 Å². The lowest BCUT2D eigenvalue weighted by Crippen LogP contribution is -2.35. The zero-order valence-corrected chi connectivity index (χ0v) is 15.6. The zero-order chi connectivity index (χ0) is 19.2. The predicted octanol–water partition coefficient (Wildman–Crippen LogP) is 2.55. The standard InChI is InChI=1S/C21H24N2O4/c1-15-3-5-17(6-4-15)23-14-16(13-20(23)24)21(25)22-11-12-27-19-9-7-18(26-2)8-10-19/h3-10,16H,11-14H2,1-2H3,(H,22,25). The molecule has 0 spiro atoms. The Labute approximate surface area is 159 Å². The number of ether oxygens (including phenoxy) is 2. The Morgan fingerprint density at radius 3 is 2.44 bits per heavy atom. The number of methoxy groups -OCH3 is 1. The monoisotopic (exact) mass is 368 g/mol. The van der Waals surface area contributed by atoms with E-state index in [1.165, 1.54) is 0 Å². The lowest BCUT2D eigenvalue weighted by Gasteiger charge is -2.17. The summed E-state index contributed by atoms with van der Waals surface area (Å²) < 4.78 is 10.7. The van der Waals surface area contributed by atoms with Gasteiger partial charge in [0.2, 0.25) is 11.8 Å².